The second kappa shape index (κ2) is 18.7. The highest BCUT2D eigenvalue weighted by Crippen LogP contribution is 2.17. The minimum atomic E-state index is -0.210. The maximum Gasteiger partial charge on any atom is 0.333 e. The molecule has 0 aromatic heterocycles. The number of allylic oxidation sites excluding steroid dienone is 5. The molecule has 0 N–H and O–H groups in total. The van der Waals surface area contributed by atoms with Crippen molar-refractivity contribution in [1.82, 2.24) is 0 Å². The number of hydrogen-bond donors (Lipinski definition) is 0. The smallest absolute Gasteiger partial charge is 0.333 e. The van der Waals surface area contributed by atoms with Crippen LogP contribution in [0.15, 0.2) is 34.9 Å². The molecular formula is C28H44O4. The lowest BCUT2D eigenvalue weighted by atomic mass is 10.0. The Morgan fingerprint density at radius 3 is 2.47 bits per heavy atom. The number of esters is 1. The summed E-state index contributed by atoms with van der Waals surface area (Å²) in [6.45, 7) is 7.79. The van der Waals surface area contributed by atoms with Gasteiger partial charge in [0.1, 0.15) is 0 Å². The largest absolute Gasteiger partial charge is 0.466 e. The van der Waals surface area contributed by atoms with E-state index >= 15 is 0 Å². The average Bonchev–Trinajstić information content (AvgIpc) is 2.80. The fraction of sp³-hybridized carbons (Fsp3) is 0.679. The molecule has 0 aromatic rings. The van der Waals surface area contributed by atoms with Gasteiger partial charge in [-0.15, -0.1) is 11.8 Å². The minimum absolute atomic E-state index is 0.0126. The summed E-state index contributed by atoms with van der Waals surface area (Å²) < 4.78 is 16.4. The van der Waals surface area contributed by atoms with E-state index in [1.807, 2.05) is 13.0 Å². The third kappa shape index (κ3) is 14.3. The Balaban J connectivity index is 2.29. The first-order valence-electron chi connectivity index (χ1n) is 12.3. The second-order valence-electron chi connectivity index (χ2n) is 8.49. The van der Waals surface area contributed by atoms with Crippen molar-refractivity contribution in [3.8, 4) is 11.8 Å². The van der Waals surface area contributed by atoms with E-state index < -0.39 is 0 Å². The number of methoxy groups -OCH3 is 1. The van der Waals surface area contributed by atoms with Crippen molar-refractivity contribution in [3.63, 3.8) is 0 Å². The highest BCUT2D eigenvalue weighted by molar-refractivity contribution is 5.88. The lowest BCUT2D eigenvalue weighted by Gasteiger charge is -2.22. The molecule has 0 aliphatic carbocycles. The van der Waals surface area contributed by atoms with Gasteiger partial charge in [-0.2, -0.15) is 0 Å². The summed E-state index contributed by atoms with van der Waals surface area (Å²) in [4.78, 5) is 12.1. The topological polar surface area (TPSA) is 44.8 Å². The molecule has 1 rings (SSSR count). The Bertz CT molecular complexity index is 669. The first-order chi connectivity index (χ1) is 15.6. The molecule has 0 amide bonds. The van der Waals surface area contributed by atoms with Crippen LogP contribution >= 0.6 is 0 Å². The summed E-state index contributed by atoms with van der Waals surface area (Å²) in [5.41, 5.74) is 3.50. The minimum Gasteiger partial charge on any atom is -0.466 e. The third-order valence-corrected chi connectivity index (χ3v) is 5.63. The summed E-state index contributed by atoms with van der Waals surface area (Å²) in [6, 6.07) is 0. The molecule has 1 saturated heterocycles. The van der Waals surface area contributed by atoms with Crippen LogP contribution in [-0.4, -0.2) is 32.6 Å². The van der Waals surface area contributed by atoms with E-state index in [-0.39, 0.29) is 12.3 Å². The predicted octanol–water partition coefficient (Wildman–Crippen LogP) is 7.06. The van der Waals surface area contributed by atoms with Crippen LogP contribution < -0.4 is 0 Å². The van der Waals surface area contributed by atoms with Gasteiger partial charge in [0.2, 0.25) is 0 Å². The van der Waals surface area contributed by atoms with E-state index in [1.54, 1.807) is 0 Å². The van der Waals surface area contributed by atoms with E-state index in [2.05, 4.69) is 37.8 Å². The van der Waals surface area contributed by atoms with E-state index in [9.17, 15) is 4.79 Å². The van der Waals surface area contributed by atoms with Crippen molar-refractivity contribution >= 4 is 5.97 Å². The maximum absolute atomic E-state index is 12.1. The lowest BCUT2D eigenvalue weighted by molar-refractivity contribution is -0.162. The summed E-state index contributed by atoms with van der Waals surface area (Å²) in [5, 5.41) is 0. The molecule has 1 aliphatic heterocycles. The van der Waals surface area contributed by atoms with Crippen LogP contribution in [0.5, 0.6) is 0 Å². The van der Waals surface area contributed by atoms with Crippen molar-refractivity contribution < 1.29 is 19.0 Å². The van der Waals surface area contributed by atoms with Crippen LogP contribution in [0.2, 0.25) is 0 Å². The standard InChI is InChI=1S/C28H44O4/c1-5-6-7-8-15-24(2)17-13-19-26(28(29)30-4)20-14-18-25(3)16-9-11-22-31-27-21-10-12-23-32-27/h15,18-19,27H,7-14,16-17,20-23H2,1-4H3/b24-15+,25-18+,26-19+. The molecule has 1 unspecified atom stereocenters. The molecule has 1 fully saturated rings. The van der Waals surface area contributed by atoms with Gasteiger partial charge >= 0.3 is 5.97 Å². The van der Waals surface area contributed by atoms with Gasteiger partial charge in [0.15, 0.2) is 6.29 Å². The first kappa shape index (κ1) is 28.2. The Morgan fingerprint density at radius 2 is 1.75 bits per heavy atom. The van der Waals surface area contributed by atoms with Gasteiger partial charge < -0.3 is 14.2 Å². The van der Waals surface area contributed by atoms with Gasteiger partial charge in [-0.1, -0.05) is 29.4 Å². The second-order valence-corrected chi connectivity index (χ2v) is 8.49. The number of unbranched alkanes of at least 4 members (excludes halogenated alkanes) is 2. The van der Waals surface area contributed by atoms with Gasteiger partial charge in [-0.25, -0.2) is 4.79 Å². The Kier molecular flexibility index (Phi) is 16.5. The maximum atomic E-state index is 12.1. The van der Waals surface area contributed by atoms with Crippen LogP contribution in [0, 0.1) is 11.8 Å². The molecule has 0 aromatic carbocycles. The van der Waals surface area contributed by atoms with Crippen molar-refractivity contribution in [2.45, 2.75) is 104 Å². The Morgan fingerprint density at radius 1 is 1.00 bits per heavy atom. The third-order valence-electron chi connectivity index (χ3n) is 5.63. The van der Waals surface area contributed by atoms with Crippen LogP contribution in [0.25, 0.3) is 0 Å². The fourth-order valence-corrected chi connectivity index (χ4v) is 3.65. The number of hydrogen-bond acceptors (Lipinski definition) is 4. The Labute approximate surface area is 196 Å². The Hall–Kier alpha value is -1.83. The molecule has 1 heterocycles. The molecule has 4 nitrogen and oxygen atoms in total. The van der Waals surface area contributed by atoms with Crippen LogP contribution in [0.1, 0.15) is 97.8 Å². The zero-order valence-corrected chi connectivity index (χ0v) is 20.8. The molecule has 1 aliphatic rings. The van der Waals surface area contributed by atoms with E-state index in [0.29, 0.717) is 0 Å². The van der Waals surface area contributed by atoms with Crippen LogP contribution in [0.4, 0.5) is 0 Å². The zero-order valence-electron chi connectivity index (χ0n) is 20.8. The zero-order chi connectivity index (χ0) is 23.4. The van der Waals surface area contributed by atoms with Gasteiger partial charge in [0.25, 0.3) is 0 Å². The number of rotatable bonds is 15. The molecule has 32 heavy (non-hydrogen) atoms. The number of ether oxygens (including phenoxy) is 3. The first-order valence-corrected chi connectivity index (χ1v) is 12.3. The molecule has 4 heteroatoms. The van der Waals surface area contributed by atoms with Crippen molar-refractivity contribution in [2.24, 2.45) is 0 Å². The highest BCUT2D eigenvalue weighted by atomic mass is 16.7. The lowest BCUT2D eigenvalue weighted by Crippen LogP contribution is -2.22. The van der Waals surface area contributed by atoms with Crippen molar-refractivity contribution in [2.75, 3.05) is 20.3 Å². The molecule has 180 valence electrons. The number of carbonyl (C=O) groups is 1. The normalized spacial score (nSPS) is 17.6. The van der Waals surface area contributed by atoms with Crippen LogP contribution in [0.3, 0.4) is 0 Å². The molecule has 1 atom stereocenters. The summed E-state index contributed by atoms with van der Waals surface area (Å²) in [6.07, 6.45) is 18.5. The van der Waals surface area contributed by atoms with E-state index in [1.165, 1.54) is 24.7 Å². The predicted molar refractivity (Wildman–Crippen MR) is 132 cm³/mol. The van der Waals surface area contributed by atoms with Gasteiger partial charge in [-0.3, -0.25) is 0 Å². The molecule has 0 saturated carbocycles. The van der Waals surface area contributed by atoms with Crippen molar-refractivity contribution in [1.29, 1.82) is 0 Å². The van der Waals surface area contributed by atoms with Crippen LogP contribution in [-0.2, 0) is 19.0 Å². The molecular weight excluding hydrogens is 400 g/mol. The SMILES string of the molecule is CC#CCC/C=C(\C)CC/C=C(\CC/C=C(\C)CCCCOC1CCCCO1)C(=O)OC. The summed E-state index contributed by atoms with van der Waals surface area (Å²) in [5.74, 6) is 5.79. The monoisotopic (exact) mass is 444 g/mol. The van der Waals surface area contributed by atoms with Gasteiger partial charge in [-0.05, 0) is 91.4 Å². The number of carbonyl (C=O) groups excluding carboxylic acids is 1. The fourth-order valence-electron chi connectivity index (χ4n) is 3.65. The van der Waals surface area contributed by atoms with E-state index in [4.69, 9.17) is 14.2 Å². The summed E-state index contributed by atoms with van der Waals surface area (Å²) >= 11 is 0. The average molecular weight is 445 g/mol. The van der Waals surface area contributed by atoms with Crippen molar-refractivity contribution in [3.05, 3.63) is 34.9 Å². The molecule has 0 spiro atoms. The van der Waals surface area contributed by atoms with E-state index in [0.717, 1.165) is 89.4 Å². The van der Waals surface area contributed by atoms with Gasteiger partial charge in [0, 0.05) is 25.2 Å². The molecule has 0 radical (unpaired) electrons. The quantitative estimate of drug-likeness (QED) is 0.0892. The summed E-state index contributed by atoms with van der Waals surface area (Å²) in [7, 11) is 1.46. The highest BCUT2D eigenvalue weighted by Gasteiger charge is 2.13. The van der Waals surface area contributed by atoms with Gasteiger partial charge in [0.05, 0.1) is 7.11 Å². The molecule has 0 bridgehead atoms.